The molecule has 1 N–H and O–H groups in total. The average Bonchev–Trinajstić information content (AvgIpc) is 2.89. The molecule has 0 aliphatic heterocycles. The molecule has 222 valence electrons. The molecule has 9 unspecified atom stereocenters. The van der Waals surface area contributed by atoms with Crippen LogP contribution in [0.2, 0.25) is 0 Å². The number of fused-ring (bicyclic) bond motifs is 7. The highest BCUT2D eigenvalue weighted by atomic mass is 16.5. The molecule has 0 aromatic heterocycles. The van der Waals surface area contributed by atoms with E-state index in [1.807, 2.05) is 19.4 Å². The highest BCUT2D eigenvalue weighted by molar-refractivity contribution is 5.66. The monoisotopic (exact) mass is 540 g/mol. The molecule has 0 amide bonds. The molecule has 5 aliphatic carbocycles. The molecule has 0 heterocycles. The van der Waals surface area contributed by atoms with Gasteiger partial charge in [0.25, 0.3) is 0 Å². The first-order valence-corrected chi connectivity index (χ1v) is 15.8. The minimum Gasteiger partial charge on any atom is -0.516 e. The van der Waals surface area contributed by atoms with Crippen LogP contribution in [0.25, 0.3) is 0 Å². The van der Waals surface area contributed by atoms with Gasteiger partial charge in [-0.2, -0.15) is 0 Å². The van der Waals surface area contributed by atoms with Crippen molar-refractivity contribution in [1.82, 2.24) is 0 Å². The van der Waals surface area contributed by atoms with Crippen molar-refractivity contribution >= 4 is 5.97 Å². The Kier molecular flexibility index (Phi) is 11.1. The Bertz CT molecular complexity index is 898. The number of carbonyl (C=O) groups excluding carboxylic acids is 1. The first-order valence-electron chi connectivity index (χ1n) is 15.8. The van der Waals surface area contributed by atoms with Crippen LogP contribution in [-0.4, -0.2) is 17.2 Å². The van der Waals surface area contributed by atoms with Gasteiger partial charge in [0.05, 0.1) is 6.26 Å². The summed E-state index contributed by atoms with van der Waals surface area (Å²) in [5.41, 5.74) is 3.76. The second-order valence-electron chi connectivity index (χ2n) is 14.5. The van der Waals surface area contributed by atoms with Gasteiger partial charge in [-0.15, -0.1) is 12.8 Å². The van der Waals surface area contributed by atoms with Gasteiger partial charge in [0.15, 0.2) is 0 Å². The normalized spacial score (nSPS) is 43.1. The third kappa shape index (κ3) is 6.16. The van der Waals surface area contributed by atoms with Crippen LogP contribution < -0.4 is 0 Å². The zero-order chi connectivity index (χ0) is 29.8. The summed E-state index contributed by atoms with van der Waals surface area (Å²) in [4.78, 5) is 11.7. The highest BCUT2D eigenvalue weighted by Crippen LogP contribution is 2.70. The van der Waals surface area contributed by atoms with E-state index in [4.69, 9.17) is 9.84 Å². The van der Waals surface area contributed by atoms with Gasteiger partial charge in [-0.25, -0.2) is 0 Å². The smallest absolute Gasteiger partial charge is 0.302 e. The maximum absolute atomic E-state index is 11.7. The number of allylic oxidation sites excluding steroid dienone is 2. The third-order valence-corrected chi connectivity index (χ3v) is 12.1. The summed E-state index contributed by atoms with van der Waals surface area (Å²) < 4.78 is 5.78. The fourth-order valence-electron chi connectivity index (χ4n) is 10.2. The minimum absolute atomic E-state index is 0.1000. The predicted molar refractivity (Wildman–Crippen MR) is 165 cm³/mol. The molecular weight excluding hydrogens is 480 g/mol. The lowest BCUT2D eigenvalue weighted by Crippen LogP contribution is -2.59. The number of rotatable bonds is 1. The molecule has 5 aliphatic rings. The molecule has 3 heteroatoms. The van der Waals surface area contributed by atoms with E-state index in [0.717, 1.165) is 30.4 Å². The second kappa shape index (κ2) is 12.9. The molecule has 3 nitrogen and oxygen atoms in total. The molecule has 0 radical (unpaired) electrons. The van der Waals surface area contributed by atoms with Crippen LogP contribution in [-0.2, 0) is 9.53 Å². The van der Waals surface area contributed by atoms with E-state index in [2.05, 4.69) is 67.0 Å². The number of hydrogen-bond donors (Lipinski definition) is 1. The Morgan fingerprint density at radius 1 is 0.974 bits per heavy atom. The van der Waals surface area contributed by atoms with Crippen molar-refractivity contribution < 1.29 is 14.6 Å². The lowest BCUT2D eigenvalue weighted by molar-refractivity contribution is -0.176. The molecule has 39 heavy (non-hydrogen) atoms. The first kappa shape index (κ1) is 33.5. The van der Waals surface area contributed by atoms with Crippen LogP contribution in [0.5, 0.6) is 0 Å². The molecule has 5 rings (SSSR count). The van der Waals surface area contributed by atoms with Gasteiger partial charge in [-0.1, -0.05) is 73.6 Å². The fourth-order valence-corrected chi connectivity index (χ4v) is 10.2. The quantitative estimate of drug-likeness (QED) is 0.156. The van der Waals surface area contributed by atoms with Crippen LogP contribution in [0.3, 0.4) is 0 Å². The second-order valence-corrected chi connectivity index (χ2v) is 14.5. The van der Waals surface area contributed by atoms with Gasteiger partial charge >= 0.3 is 5.97 Å². The Morgan fingerprint density at radius 2 is 1.56 bits per heavy atom. The number of carbonyl (C=O) groups is 1. The van der Waals surface area contributed by atoms with E-state index in [9.17, 15) is 4.79 Å². The van der Waals surface area contributed by atoms with Crippen LogP contribution in [0.1, 0.15) is 127 Å². The van der Waals surface area contributed by atoms with E-state index < -0.39 is 0 Å². The van der Waals surface area contributed by atoms with Crippen molar-refractivity contribution in [2.75, 3.05) is 0 Å². The van der Waals surface area contributed by atoms with Crippen molar-refractivity contribution in [2.45, 2.75) is 133 Å². The number of esters is 1. The molecule has 4 saturated carbocycles. The summed E-state index contributed by atoms with van der Waals surface area (Å²) in [7, 11) is 0. The molecule has 0 aromatic rings. The van der Waals surface area contributed by atoms with Gasteiger partial charge < -0.3 is 9.84 Å². The fraction of sp³-hybridized carbons (Fsp3) is 0.806. The van der Waals surface area contributed by atoms with Gasteiger partial charge in [-0.3, -0.25) is 4.79 Å². The van der Waals surface area contributed by atoms with E-state index in [1.165, 1.54) is 57.8 Å². The summed E-state index contributed by atoms with van der Waals surface area (Å²) in [6.07, 6.45) is 25.0. The number of aliphatic hydroxyl groups is 1. The zero-order valence-corrected chi connectivity index (χ0v) is 26.8. The van der Waals surface area contributed by atoms with Gasteiger partial charge in [0, 0.05) is 6.92 Å². The molecular formula is C36H60O3. The number of ether oxygens (including phenoxy) is 1. The summed E-state index contributed by atoms with van der Waals surface area (Å²) in [6, 6.07) is 0. The Morgan fingerprint density at radius 3 is 2.15 bits per heavy atom. The number of hydrogen-bond acceptors (Lipinski definition) is 3. The van der Waals surface area contributed by atoms with Crippen molar-refractivity contribution in [1.29, 1.82) is 0 Å². The van der Waals surface area contributed by atoms with Gasteiger partial charge in [0.2, 0.25) is 0 Å². The van der Waals surface area contributed by atoms with Crippen LogP contribution in [0.15, 0.2) is 24.5 Å². The number of aliphatic hydroxyl groups excluding tert-OH is 1. The Hall–Kier alpha value is -1.69. The van der Waals surface area contributed by atoms with Gasteiger partial charge in [-0.05, 0) is 115 Å². The maximum Gasteiger partial charge on any atom is 0.302 e. The maximum atomic E-state index is 11.7. The van der Waals surface area contributed by atoms with Crippen molar-refractivity contribution in [3.8, 4) is 12.8 Å². The SMILES string of the molecule is C#C.C=CO.CC.CC(=O)OC1CCC2(C)C(CCC3(C)C4CCC5(C)CCC(C)(C)CC5C4=CCC32)C1C. The zero-order valence-electron chi connectivity index (χ0n) is 26.8. The van der Waals surface area contributed by atoms with E-state index >= 15 is 0 Å². The first-order chi connectivity index (χ1) is 18.3. The largest absolute Gasteiger partial charge is 0.516 e. The topological polar surface area (TPSA) is 46.5 Å². The Labute approximate surface area is 241 Å². The summed E-state index contributed by atoms with van der Waals surface area (Å²) in [5.74, 6) is 3.47. The third-order valence-electron chi connectivity index (χ3n) is 12.1. The van der Waals surface area contributed by atoms with Crippen molar-refractivity contribution in [3.63, 3.8) is 0 Å². The van der Waals surface area contributed by atoms with Crippen LogP contribution >= 0.6 is 0 Å². The van der Waals surface area contributed by atoms with E-state index in [0.29, 0.717) is 33.5 Å². The summed E-state index contributed by atoms with van der Waals surface area (Å²) in [6.45, 7) is 23.8. The lowest BCUT2D eigenvalue weighted by atomic mass is 9.38. The summed E-state index contributed by atoms with van der Waals surface area (Å²) in [5, 5.41) is 7.33. The standard InChI is InChI=1S/C30H48O2.C2H4O.C2H6.C2H2/c1-19-22-11-14-30(7)23-10-13-28(5)17-16-27(3,4)18-24(28)21(23)8-9-26(30)29(22,6)15-12-25(19)32-20(2)31;1-2-3;2*1-2/h8,19,22-26H,9-18H2,1-7H3;2-3H,1H2;1-2H3;1-2H. The van der Waals surface area contributed by atoms with Crippen LogP contribution in [0.4, 0.5) is 0 Å². The van der Waals surface area contributed by atoms with Gasteiger partial charge in [0.1, 0.15) is 6.10 Å². The van der Waals surface area contributed by atoms with E-state index in [1.54, 1.807) is 6.92 Å². The number of terminal acetylenes is 1. The Balaban J connectivity index is 0.000000700. The highest BCUT2D eigenvalue weighted by Gasteiger charge is 2.62. The predicted octanol–water partition coefficient (Wildman–Crippen LogP) is 9.92. The molecule has 0 spiro atoms. The summed E-state index contributed by atoms with van der Waals surface area (Å²) >= 11 is 0. The molecule has 4 fully saturated rings. The minimum atomic E-state index is -0.1000. The average molecular weight is 541 g/mol. The van der Waals surface area contributed by atoms with Crippen LogP contribution in [0, 0.1) is 64.1 Å². The molecule has 0 saturated heterocycles. The lowest BCUT2D eigenvalue weighted by Gasteiger charge is -2.66. The van der Waals surface area contributed by atoms with E-state index in [-0.39, 0.29) is 12.1 Å². The molecule has 9 atom stereocenters. The van der Waals surface area contributed by atoms with Crippen molar-refractivity contribution in [2.24, 2.45) is 51.2 Å². The molecule has 0 aromatic carbocycles. The molecule has 0 bridgehead atoms. The van der Waals surface area contributed by atoms with Crippen molar-refractivity contribution in [3.05, 3.63) is 24.5 Å².